The zero-order valence-corrected chi connectivity index (χ0v) is 15.5. The van der Waals surface area contributed by atoms with Gasteiger partial charge in [-0.15, -0.1) is 5.10 Å². The number of nitrogens with two attached hydrogens (primary N) is 1. The van der Waals surface area contributed by atoms with Gasteiger partial charge in [-0.1, -0.05) is 0 Å². The molecule has 2 N–H and O–H groups in total. The molecule has 0 aromatic carbocycles. The average Bonchev–Trinajstić information content (AvgIpc) is 3.35. The second-order valence-electron chi connectivity index (χ2n) is 6.53. The lowest BCUT2D eigenvalue weighted by atomic mass is 10.3. The van der Waals surface area contributed by atoms with Crippen LogP contribution in [0.3, 0.4) is 0 Å². The molecule has 1 aliphatic rings. The third-order valence-corrected chi connectivity index (χ3v) is 4.74. The van der Waals surface area contributed by atoms with Gasteiger partial charge in [-0.3, -0.25) is 4.90 Å². The second kappa shape index (κ2) is 7.93. The molecule has 0 radical (unpaired) electrons. The van der Waals surface area contributed by atoms with Crippen LogP contribution >= 0.6 is 0 Å². The third-order valence-electron chi connectivity index (χ3n) is 4.74. The third kappa shape index (κ3) is 3.88. The van der Waals surface area contributed by atoms with Gasteiger partial charge in [0.1, 0.15) is 5.82 Å². The Balaban J connectivity index is 1.43. The molecule has 3 aromatic rings. The molecule has 9 nitrogen and oxygen atoms in total. The molecule has 0 unspecified atom stereocenters. The minimum absolute atomic E-state index is 0.326. The highest BCUT2D eigenvalue weighted by Crippen LogP contribution is 2.22. The maximum atomic E-state index is 6.12. The number of nitrogen functional groups attached to an aromatic ring is 1. The second-order valence-corrected chi connectivity index (χ2v) is 6.53. The van der Waals surface area contributed by atoms with Crippen molar-refractivity contribution in [3.8, 4) is 11.6 Å². The van der Waals surface area contributed by atoms with Crippen molar-refractivity contribution in [2.75, 3.05) is 56.6 Å². The van der Waals surface area contributed by atoms with Gasteiger partial charge >= 0.3 is 0 Å². The molecule has 4 rings (SSSR count). The van der Waals surface area contributed by atoms with E-state index in [1.165, 1.54) is 0 Å². The molecule has 0 amide bonds. The smallest absolute Gasteiger partial charge is 0.225 e. The minimum atomic E-state index is 0.326. The Morgan fingerprint density at radius 3 is 2.81 bits per heavy atom. The first-order chi connectivity index (χ1) is 13.2. The molecule has 0 aliphatic carbocycles. The Hall–Kier alpha value is -2.65. The van der Waals surface area contributed by atoms with E-state index in [1.807, 2.05) is 25.1 Å². The van der Waals surface area contributed by atoms with Crippen molar-refractivity contribution in [3.63, 3.8) is 0 Å². The molecule has 0 spiro atoms. The van der Waals surface area contributed by atoms with Crippen LogP contribution < -0.4 is 10.6 Å². The quantitative estimate of drug-likeness (QED) is 0.624. The summed E-state index contributed by atoms with van der Waals surface area (Å²) in [5.41, 5.74) is 6.79. The summed E-state index contributed by atoms with van der Waals surface area (Å²) in [6, 6.07) is 5.56. The maximum absolute atomic E-state index is 6.12. The maximum Gasteiger partial charge on any atom is 0.225 e. The number of nitrogens with zero attached hydrogens (tertiary/aromatic N) is 6. The highest BCUT2D eigenvalue weighted by Gasteiger charge is 2.20. The van der Waals surface area contributed by atoms with Crippen molar-refractivity contribution in [1.29, 1.82) is 0 Å². The van der Waals surface area contributed by atoms with Crippen LogP contribution in [0.1, 0.15) is 13.3 Å². The van der Waals surface area contributed by atoms with Crippen LogP contribution in [0.4, 0.5) is 11.8 Å². The summed E-state index contributed by atoms with van der Waals surface area (Å²) in [7, 11) is 0. The van der Waals surface area contributed by atoms with Crippen molar-refractivity contribution in [1.82, 2.24) is 24.5 Å². The molecule has 1 fully saturated rings. The van der Waals surface area contributed by atoms with E-state index < -0.39 is 0 Å². The van der Waals surface area contributed by atoms with Crippen LogP contribution in [0.25, 0.3) is 17.2 Å². The molecule has 27 heavy (non-hydrogen) atoms. The van der Waals surface area contributed by atoms with E-state index in [4.69, 9.17) is 14.9 Å². The van der Waals surface area contributed by atoms with Gasteiger partial charge in [0.15, 0.2) is 11.4 Å². The number of furan rings is 1. The van der Waals surface area contributed by atoms with Gasteiger partial charge in [-0.25, -0.2) is 4.98 Å². The molecule has 144 valence electrons. The highest BCUT2D eigenvalue weighted by molar-refractivity contribution is 5.59. The van der Waals surface area contributed by atoms with Crippen LogP contribution in [-0.2, 0) is 4.74 Å². The fourth-order valence-corrected chi connectivity index (χ4v) is 3.31. The Kier molecular flexibility index (Phi) is 5.21. The number of ether oxygens (including phenoxy) is 1. The summed E-state index contributed by atoms with van der Waals surface area (Å²) in [5, 5.41) is 4.39. The van der Waals surface area contributed by atoms with E-state index in [0.717, 1.165) is 58.2 Å². The number of hydrogen-bond donors (Lipinski definition) is 1. The molecular formula is C18H25N7O2. The predicted molar refractivity (Wildman–Crippen MR) is 103 cm³/mol. The molecule has 0 bridgehead atoms. The fourth-order valence-electron chi connectivity index (χ4n) is 3.31. The molecule has 1 aliphatic heterocycles. The molecule has 1 saturated heterocycles. The fraction of sp³-hybridized carbons (Fsp3) is 0.500. The Morgan fingerprint density at radius 1 is 1.22 bits per heavy atom. The lowest BCUT2D eigenvalue weighted by Crippen LogP contribution is -2.47. The molecule has 4 heterocycles. The van der Waals surface area contributed by atoms with E-state index in [9.17, 15) is 0 Å². The van der Waals surface area contributed by atoms with Crippen LogP contribution in [0.15, 0.2) is 28.9 Å². The van der Waals surface area contributed by atoms with E-state index in [2.05, 4.69) is 24.9 Å². The molecule has 0 atom stereocenters. The van der Waals surface area contributed by atoms with E-state index in [0.29, 0.717) is 23.2 Å². The summed E-state index contributed by atoms with van der Waals surface area (Å²) in [5.74, 6) is 2.28. The molecular weight excluding hydrogens is 346 g/mol. The first-order valence-electron chi connectivity index (χ1n) is 9.37. The number of rotatable bonds is 7. The van der Waals surface area contributed by atoms with Gasteiger partial charge in [0.05, 0.1) is 6.26 Å². The standard InChI is InChI=1S/C18H25N7O2/c1-2-26-11-4-6-23-7-9-24(10-8-23)15-13-16-20-17(14-5-3-12-27-14)22-25(16)18(19)21-15/h3,5,12-13H,2,4,6-11H2,1H3,(H2,19,21). The summed E-state index contributed by atoms with van der Waals surface area (Å²) in [6.07, 6.45) is 2.67. The van der Waals surface area contributed by atoms with Crippen LogP contribution in [0, 0.1) is 0 Å². The van der Waals surface area contributed by atoms with Gasteiger partial charge in [-0.2, -0.15) is 9.50 Å². The first kappa shape index (κ1) is 17.7. The topological polar surface area (TPSA) is 98.0 Å². The van der Waals surface area contributed by atoms with E-state index in [1.54, 1.807) is 10.8 Å². The van der Waals surface area contributed by atoms with Crippen molar-refractivity contribution >= 4 is 17.4 Å². The zero-order chi connectivity index (χ0) is 18.6. The minimum Gasteiger partial charge on any atom is -0.461 e. The zero-order valence-electron chi connectivity index (χ0n) is 15.5. The van der Waals surface area contributed by atoms with E-state index in [-0.39, 0.29) is 0 Å². The van der Waals surface area contributed by atoms with Crippen LogP contribution in [0.2, 0.25) is 0 Å². The molecule has 0 saturated carbocycles. The van der Waals surface area contributed by atoms with Crippen LogP contribution in [-0.4, -0.2) is 70.4 Å². The van der Waals surface area contributed by atoms with Gasteiger partial charge in [0, 0.05) is 52.0 Å². The number of piperazine rings is 1. The monoisotopic (exact) mass is 371 g/mol. The number of anilines is 2. The molecule has 3 aromatic heterocycles. The number of fused-ring (bicyclic) bond motifs is 1. The average molecular weight is 371 g/mol. The Morgan fingerprint density at radius 2 is 2.07 bits per heavy atom. The lowest BCUT2D eigenvalue weighted by molar-refractivity contribution is 0.130. The van der Waals surface area contributed by atoms with Crippen molar-refractivity contribution < 1.29 is 9.15 Å². The number of hydrogen-bond acceptors (Lipinski definition) is 8. The van der Waals surface area contributed by atoms with Gasteiger partial charge in [0.2, 0.25) is 11.8 Å². The summed E-state index contributed by atoms with van der Waals surface area (Å²) in [6.45, 7) is 8.55. The Labute approximate surface area is 157 Å². The van der Waals surface area contributed by atoms with E-state index >= 15 is 0 Å². The van der Waals surface area contributed by atoms with Crippen LogP contribution in [0.5, 0.6) is 0 Å². The molecule has 9 heteroatoms. The normalized spacial score (nSPS) is 15.7. The predicted octanol–water partition coefficient (Wildman–Crippen LogP) is 1.52. The summed E-state index contributed by atoms with van der Waals surface area (Å²) < 4.78 is 12.3. The number of aromatic nitrogens is 4. The van der Waals surface area contributed by atoms with Gasteiger partial charge in [0.25, 0.3) is 0 Å². The Bertz CT molecular complexity index is 869. The van der Waals surface area contributed by atoms with Gasteiger partial charge < -0.3 is 19.8 Å². The van der Waals surface area contributed by atoms with Crippen molar-refractivity contribution in [2.45, 2.75) is 13.3 Å². The first-order valence-corrected chi connectivity index (χ1v) is 9.37. The summed E-state index contributed by atoms with van der Waals surface area (Å²) >= 11 is 0. The largest absolute Gasteiger partial charge is 0.461 e. The summed E-state index contributed by atoms with van der Waals surface area (Å²) in [4.78, 5) is 13.8. The highest BCUT2D eigenvalue weighted by atomic mass is 16.5. The lowest BCUT2D eigenvalue weighted by Gasteiger charge is -2.35. The SMILES string of the molecule is CCOCCCN1CCN(c2cc3nc(-c4ccco4)nn3c(N)n2)CC1. The van der Waals surface area contributed by atoms with Gasteiger partial charge in [-0.05, 0) is 25.5 Å². The van der Waals surface area contributed by atoms with Crippen molar-refractivity contribution in [3.05, 3.63) is 24.5 Å². The van der Waals surface area contributed by atoms with Crippen molar-refractivity contribution in [2.24, 2.45) is 0 Å².